The lowest BCUT2D eigenvalue weighted by Gasteiger charge is -2.15. The number of hydrogen-bond donors (Lipinski definition) is 3. The van der Waals surface area contributed by atoms with Gasteiger partial charge in [-0.2, -0.15) is 0 Å². The fourth-order valence-electron chi connectivity index (χ4n) is 1.91. The topological polar surface area (TPSA) is 45.3 Å². The third kappa shape index (κ3) is 4.16. The smallest absolute Gasteiger partial charge is 0.185 e. The molecular formula is C13H19N3OS. The van der Waals surface area contributed by atoms with Crippen molar-refractivity contribution in [3.05, 3.63) is 29.8 Å². The van der Waals surface area contributed by atoms with Crippen LogP contribution in [0.3, 0.4) is 0 Å². The van der Waals surface area contributed by atoms with Gasteiger partial charge in [-0.3, -0.25) is 10.9 Å². The maximum atomic E-state index is 5.51. The Hall–Kier alpha value is -1.33. The quantitative estimate of drug-likeness (QED) is 0.574. The Morgan fingerprint density at radius 2 is 2.39 bits per heavy atom. The highest BCUT2D eigenvalue weighted by molar-refractivity contribution is 7.80. The first-order valence-electron chi connectivity index (χ1n) is 6.22. The molecule has 1 aromatic carbocycles. The fourth-order valence-corrected chi connectivity index (χ4v) is 2.04. The maximum absolute atomic E-state index is 5.51. The summed E-state index contributed by atoms with van der Waals surface area (Å²) in [4.78, 5) is 0. The van der Waals surface area contributed by atoms with Gasteiger partial charge in [0.1, 0.15) is 0 Å². The van der Waals surface area contributed by atoms with E-state index in [0.717, 1.165) is 31.7 Å². The van der Waals surface area contributed by atoms with Gasteiger partial charge in [0.25, 0.3) is 0 Å². The molecule has 1 aliphatic heterocycles. The first-order chi connectivity index (χ1) is 8.74. The fraction of sp³-hybridized carbons (Fsp3) is 0.462. The molecule has 0 saturated carbocycles. The van der Waals surface area contributed by atoms with Crippen molar-refractivity contribution in [3.8, 4) is 0 Å². The summed E-state index contributed by atoms with van der Waals surface area (Å²) in [7, 11) is 0. The van der Waals surface area contributed by atoms with Gasteiger partial charge in [-0.05, 0) is 49.7 Å². The molecule has 1 fully saturated rings. The average Bonchev–Trinajstić information content (AvgIpc) is 2.87. The van der Waals surface area contributed by atoms with Crippen LogP contribution in [0.1, 0.15) is 18.4 Å². The highest BCUT2D eigenvalue weighted by atomic mass is 32.1. The molecule has 0 amide bonds. The molecule has 0 unspecified atom stereocenters. The summed E-state index contributed by atoms with van der Waals surface area (Å²) in [5, 5.41) is 3.73. The first kappa shape index (κ1) is 13.1. The number of ether oxygens (including phenoxy) is 1. The van der Waals surface area contributed by atoms with Gasteiger partial charge in [0.15, 0.2) is 5.11 Å². The Morgan fingerprint density at radius 1 is 1.50 bits per heavy atom. The summed E-state index contributed by atoms with van der Waals surface area (Å²) in [5.74, 6) is 0. The molecule has 0 bridgehead atoms. The van der Waals surface area contributed by atoms with Crippen LogP contribution in [0.25, 0.3) is 0 Å². The minimum atomic E-state index is 0.295. The molecule has 0 aliphatic carbocycles. The molecule has 0 radical (unpaired) electrons. The van der Waals surface area contributed by atoms with Gasteiger partial charge in [-0.15, -0.1) is 0 Å². The molecule has 0 spiro atoms. The van der Waals surface area contributed by atoms with E-state index in [1.807, 2.05) is 12.1 Å². The molecular weight excluding hydrogens is 246 g/mol. The molecule has 4 nitrogen and oxygen atoms in total. The van der Waals surface area contributed by atoms with Crippen molar-refractivity contribution in [1.29, 1.82) is 0 Å². The van der Waals surface area contributed by atoms with Gasteiger partial charge in [-0.1, -0.05) is 12.1 Å². The second kappa shape index (κ2) is 6.56. The highest BCUT2D eigenvalue weighted by Crippen LogP contribution is 2.10. The molecule has 1 saturated heterocycles. The predicted octanol–water partition coefficient (Wildman–Crippen LogP) is 1.97. The third-order valence-corrected chi connectivity index (χ3v) is 3.10. The largest absolute Gasteiger partial charge is 0.376 e. The van der Waals surface area contributed by atoms with Gasteiger partial charge >= 0.3 is 0 Å². The number of hydrogen-bond acceptors (Lipinski definition) is 3. The van der Waals surface area contributed by atoms with Crippen LogP contribution in [0, 0.1) is 6.92 Å². The number of thiocarbonyl (C=S) groups is 1. The summed E-state index contributed by atoms with van der Waals surface area (Å²) >= 11 is 5.18. The van der Waals surface area contributed by atoms with Crippen LogP contribution in [-0.4, -0.2) is 24.4 Å². The second-order valence-electron chi connectivity index (χ2n) is 4.46. The molecule has 1 aromatic rings. The van der Waals surface area contributed by atoms with E-state index in [4.69, 9.17) is 17.0 Å². The molecule has 1 heterocycles. The SMILES string of the molecule is Cc1cccc(NNC(=S)NC[C@H]2CCCO2)c1. The van der Waals surface area contributed by atoms with Crippen LogP contribution < -0.4 is 16.2 Å². The Bertz CT molecular complexity index is 405. The Balaban J connectivity index is 1.68. The van der Waals surface area contributed by atoms with Crippen LogP contribution in [-0.2, 0) is 4.74 Å². The molecule has 18 heavy (non-hydrogen) atoms. The van der Waals surface area contributed by atoms with Crippen molar-refractivity contribution >= 4 is 23.0 Å². The van der Waals surface area contributed by atoms with Crippen molar-refractivity contribution in [1.82, 2.24) is 10.7 Å². The van der Waals surface area contributed by atoms with Gasteiger partial charge in [0, 0.05) is 13.2 Å². The van der Waals surface area contributed by atoms with Crippen molar-refractivity contribution in [2.24, 2.45) is 0 Å². The van der Waals surface area contributed by atoms with E-state index in [0.29, 0.717) is 11.2 Å². The molecule has 0 aromatic heterocycles. The summed E-state index contributed by atoms with van der Waals surface area (Å²) in [5.41, 5.74) is 8.24. The van der Waals surface area contributed by atoms with Crippen LogP contribution in [0.15, 0.2) is 24.3 Å². The molecule has 2 rings (SSSR count). The predicted molar refractivity (Wildman–Crippen MR) is 77.5 cm³/mol. The van der Waals surface area contributed by atoms with E-state index in [-0.39, 0.29) is 0 Å². The number of rotatable bonds is 4. The minimum Gasteiger partial charge on any atom is -0.376 e. The summed E-state index contributed by atoms with van der Waals surface area (Å²) in [6.45, 7) is 3.69. The van der Waals surface area contributed by atoms with Crippen molar-refractivity contribution in [3.63, 3.8) is 0 Å². The zero-order valence-corrected chi connectivity index (χ0v) is 11.3. The summed E-state index contributed by atoms with van der Waals surface area (Å²) < 4.78 is 5.51. The lowest BCUT2D eigenvalue weighted by atomic mass is 10.2. The number of hydrazine groups is 1. The zero-order chi connectivity index (χ0) is 12.8. The van der Waals surface area contributed by atoms with E-state index in [1.54, 1.807) is 0 Å². The van der Waals surface area contributed by atoms with Gasteiger partial charge in [0.05, 0.1) is 11.8 Å². The van der Waals surface area contributed by atoms with Crippen LogP contribution in [0.5, 0.6) is 0 Å². The number of benzene rings is 1. The average molecular weight is 265 g/mol. The van der Waals surface area contributed by atoms with Crippen LogP contribution in [0.2, 0.25) is 0 Å². The minimum absolute atomic E-state index is 0.295. The molecule has 98 valence electrons. The zero-order valence-electron chi connectivity index (χ0n) is 10.5. The normalized spacial score (nSPS) is 18.4. The maximum Gasteiger partial charge on any atom is 0.185 e. The second-order valence-corrected chi connectivity index (χ2v) is 4.87. The number of anilines is 1. The Labute approximate surface area is 113 Å². The number of aryl methyl sites for hydroxylation is 1. The molecule has 3 N–H and O–H groups in total. The lowest BCUT2D eigenvalue weighted by molar-refractivity contribution is 0.114. The monoisotopic (exact) mass is 265 g/mol. The van der Waals surface area contributed by atoms with E-state index in [2.05, 4.69) is 35.2 Å². The first-order valence-corrected chi connectivity index (χ1v) is 6.63. The van der Waals surface area contributed by atoms with E-state index in [1.165, 1.54) is 5.56 Å². The summed E-state index contributed by atoms with van der Waals surface area (Å²) in [6.07, 6.45) is 2.55. The van der Waals surface area contributed by atoms with E-state index < -0.39 is 0 Å². The van der Waals surface area contributed by atoms with Crippen molar-refractivity contribution in [2.45, 2.75) is 25.9 Å². The van der Waals surface area contributed by atoms with Crippen LogP contribution in [0.4, 0.5) is 5.69 Å². The van der Waals surface area contributed by atoms with Crippen LogP contribution >= 0.6 is 12.2 Å². The Kier molecular flexibility index (Phi) is 4.78. The van der Waals surface area contributed by atoms with E-state index >= 15 is 0 Å². The standard InChI is InChI=1S/C13H19N3OS/c1-10-4-2-5-11(8-10)15-16-13(18)14-9-12-6-3-7-17-12/h2,4-5,8,12,15H,3,6-7,9H2,1H3,(H2,14,16,18)/t12-/m1/s1. The molecule has 5 heteroatoms. The third-order valence-electron chi connectivity index (χ3n) is 2.85. The van der Waals surface area contributed by atoms with E-state index in [9.17, 15) is 0 Å². The highest BCUT2D eigenvalue weighted by Gasteiger charge is 2.14. The van der Waals surface area contributed by atoms with Crippen molar-refractivity contribution in [2.75, 3.05) is 18.6 Å². The van der Waals surface area contributed by atoms with Crippen molar-refractivity contribution < 1.29 is 4.74 Å². The van der Waals surface area contributed by atoms with Gasteiger partial charge in [-0.25, -0.2) is 0 Å². The number of nitrogens with one attached hydrogen (secondary N) is 3. The Morgan fingerprint density at radius 3 is 3.11 bits per heavy atom. The molecule has 1 aliphatic rings. The van der Waals surface area contributed by atoms with Gasteiger partial charge < -0.3 is 10.1 Å². The van der Waals surface area contributed by atoms with Gasteiger partial charge in [0.2, 0.25) is 0 Å². The summed E-state index contributed by atoms with van der Waals surface area (Å²) in [6, 6.07) is 8.10. The molecule has 1 atom stereocenters. The lowest BCUT2D eigenvalue weighted by Crippen LogP contribution is -2.41.